The summed E-state index contributed by atoms with van der Waals surface area (Å²) in [4.78, 5) is 0. The summed E-state index contributed by atoms with van der Waals surface area (Å²) in [7, 11) is 4.29. The molecule has 0 saturated heterocycles. The minimum Gasteiger partial charge on any atom is -0.328 e. The second kappa shape index (κ2) is 9.76. The van der Waals surface area contributed by atoms with Crippen molar-refractivity contribution >= 4 is 0 Å². The molecule has 0 rings (SSSR count). The first-order valence-electron chi connectivity index (χ1n) is 7.61. The van der Waals surface area contributed by atoms with Crippen molar-refractivity contribution in [3.05, 3.63) is 0 Å². The highest BCUT2D eigenvalue weighted by Gasteiger charge is 2.15. The SMILES string of the molecule is CCC(CCCN(C(C)CC)N(C)C)CC(C)N. The number of nitrogens with zero attached hydrogens (tertiary/aromatic N) is 2. The molecule has 0 aromatic rings. The standard InChI is InChI=1S/C15H35N3/c1-7-14(4)18(17(5)6)11-9-10-15(8-2)12-13(3)16/h13-15H,7-12,16H2,1-6H3. The van der Waals surface area contributed by atoms with E-state index in [9.17, 15) is 0 Å². The fraction of sp³-hybridized carbons (Fsp3) is 1.00. The summed E-state index contributed by atoms with van der Waals surface area (Å²) in [6, 6.07) is 0.975. The molecular weight excluding hydrogens is 222 g/mol. The Morgan fingerprint density at radius 3 is 2.06 bits per heavy atom. The van der Waals surface area contributed by atoms with Crippen molar-refractivity contribution in [1.29, 1.82) is 0 Å². The third kappa shape index (κ3) is 7.34. The summed E-state index contributed by atoms with van der Waals surface area (Å²) in [6.07, 6.45) is 6.20. The van der Waals surface area contributed by atoms with Crippen molar-refractivity contribution in [2.45, 2.75) is 71.9 Å². The van der Waals surface area contributed by atoms with Crippen molar-refractivity contribution in [2.75, 3.05) is 20.6 Å². The van der Waals surface area contributed by atoms with E-state index >= 15 is 0 Å². The predicted molar refractivity (Wildman–Crippen MR) is 81.4 cm³/mol. The van der Waals surface area contributed by atoms with E-state index in [4.69, 9.17) is 5.73 Å². The van der Waals surface area contributed by atoms with Gasteiger partial charge in [0.25, 0.3) is 0 Å². The summed E-state index contributed by atoms with van der Waals surface area (Å²) in [5, 5.41) is 4.71. The van der Waals surface area contributed by atoms with Crippen LogP contribution in [0.25, 0.3) is 0 Å². The molecule has 110 valence electrons. The molecule has 0 amide bonds. The van der Waals surface area contributed by atoms with Gasteiger partial charge in [-0.15, -0.1) is 0 Å². The number of hydrazine groups is 1. The molecule has 3 heteroatoms. The molecule has 0 aliphatic rings. The van der Waals surface area contributed by atoms with Crippen LogP contribution in [0.4, 0.5) is 0 Å². The smallest absolute Gasteiger partial charge is 0.0214 e. The first kappa shape index (κ1) is 17.9. The predicted octanol–water partition coefficient (Wildman–Crippen LogP) is 3.11. The molecule has 0 bridgehead atoms. The van der Waals surface area contributed by atoms with E-state index in [1.165, 1.54) is 32.1 Å². The van der Waals surface area contributed by atoms with Crippen molar-refractivity contribution in [3.8, 4) is 0 Å². The summed E-state index contributed by atoms with van der Waals surface area (Å²) in [6.45, 7) is 10.1. The van der Waals surface area contributed by atoms with Crippen LogP contribution < -0.4 is 5.73 Å². The van der Waals surface area contributed by atoms with Gasteiger partial charge in [0, 0.05) is 32.7 Å². The van der Waals surface area contributed by atoms with Crippen molar-refractivity contribution < 1.29 is 0 Å². The molecule has 0 aliphatic carbocycles. The number of hydrogen-bond acceptors (Lipinski definition) is 3. The van der Waals surface area contributed by atoms with Crippen LogP contribution >= 0.6 is 0 Å². The Bertz CT molecular complexity index is 192. The Balaban J connectivity index is 4.04. The van der Waals surface area contributed by atoms with Gasteiger partial charge in [-0.1, -0.05) is 20.3 Å². The molecule has 3 nitrogen and oxygen atoms in total. The van der Waals surface area contributed by atoms with Crippen LogP contribution in [-0.2, 0) is 0 Å². The van der Waals surface area contributed by atoms with Gasteiger partial charge in [-0.25, -0.2) is 10.0 Å². The van der Waals surface area contributed by atoms with Crippen molar-refractivity contribution in [1.82, 2.24) is 10.0 Å². The van der Waals surface area contributed by atoms with E-state index < -0.39 is 0 Å². The Hall–Kier alpha value is -0.120. The molecule has 0 aromatic carbocycles. The van der Waals surface area contributed by atoms with E-state index in [0.29, 0.717) is 12.1 Å². The lowest BCUT2D eigenvalue weighted by molar-refractivity contribution is -0.0156. The van der Waals surface area contributed by atoms with Gasteiger partial charge in [0.05, 0.1) is 0 Å². The van der Waals surface area contributed by atoms with Crippen LogP contribution in [0.15, 0.2) is 0 Å². The molecular formula is C15H35N3. The summed E-state index contributed by atoms with van der Waals surface area (Å²) in [5.41, 5.74) is 5.90. The highest BCUT2D eigenvalue weighted by Crippen LogP contribution is 2.18. The average molecular weight is 257 g/mol. The summed E-state index contributed by atoms with van der Waals surface area (Å²) < 4.78 is 0. The lowest BCUT2D eigenvalue weighted by Gasteiger charge is -2.34. The Morgan fingerprint density at radius 2 is 1.67 bits per heavy atom. The zero-order valence-electron chi connectivity index (χ0n) is 13.4. The minimum absolute atomic E-state index is 0.342. The first-order valence-corrected chi connectivity index (χ1v) is 7.61. The zero-order chi connectivity index (χ0) is 14.1. The maximum absolute atomic E-state index is 5.90. The molecule has 0 saturated carbocycles. The van der Waals surface area contributed by atoms with Gasteiger partial charge >= 0.3 is 0 Å². The van der Waals surface area contributed by atoms with E-state index in [-0.39, 0.29) is 0 Å². The Kier molecular flexibility index (Phi) is 9.70. The van der Waals surface area contributed by atoms with E-state index in [0.717, 1.165) is 12.5 Å². The third-order valence-corrected chi connectivity index (χ3v) is 3.90. The average Bonchev–Trinajstić information content (AvgIpc) is 2.31. The lowest BCUT2D eigenvalue weighted by atomic mass is 9.93. The van der Waals surface area contributed by atoms with Gasteiger partial charge < -0.3 is 5.73 Å². The third-order valence-electron chi connectivity index (χ3n) is 3.90. The molecule has 0 spiro atoms. The molecule has 0 aromatic heterocycles. The molecule has 3 atom stereocenters. The highest BCUT2D eigenvalue weighted by molar-refractivity contribution is 4.67. The maximum Gasteiger partial charge on any atom is 0.0214 e. The maximum atomic E-state index is 5.90. The normalized spacial score (nSPS) is 17.2. The fourth-order valence-corrected chi connectivity index (χ4v) is 2.58. The van der Waals surface area contributed by atoms with Crippen LogP contribution in [0.2, 0.25) is 0 Å². The second-order valence-corrected chi connectivity index (χ2v) is 5.90. The first-order chi connectivity index (χ1) is 8.42. The molecule has 18 heavy (non-hydrogen) atoms. The van der Waals surface area contributed by atoms with E-state index in [1.807, 2.05) is 0 Å². The Labute approximate surface area is 115 Å². The fourth-order valence-electron chi connectivity index (χ4n) is 2.58. The van der Waals surface area contributed by atoms with E-state index in [2.05, 4.69) is 51.8 Å². The second-order valence-electron chi connectivity index (χ2n) is 5.90. The van der Waals surface area contributed by atoms with Gasteiger partial charge in [0.2, 0.25) is 0 Å². The van der Waals surface area contributed by atoms with Crippen LogP contribution in [0.3, 0.4) is 0 Å². The summed E-state index contributed by atoms with van der Waals surface area (Å²) in [5.74, 6) is 0.797. The summed E-state index contributed by atoms with van der Waals surface area (Å²) >= 11 is 0. The van der Waals surface area contributed by atoms with Crippen LogP contribution in [0.5, 0.6) is 0 Å². The van der Waals surface area contributed by atoms with Crippen LogP contribution in [0.1, 0.15) is 59.8 Å². The molecule has 0 heterocycles. The molecule has 0 fully saturated rings. The largest absolute Gasteiger partial charge is 0.328 e. The lowest BCUT2D eigenvalue weighted by Crippen LogP contribution is -2.43. The van der Waals surface area contributed by atoms with Crippen molar-refractivity contribution in [3.63, 3.8) is 0 Å². The molecule has 2 N–H and O–H groups in total. The minimum atomic E-state index is 0.342. The Morgan fingerprint density at radius 1 is 1.06 bits per heavy atom. The van der Waals surface area contributed by atoms with Gasteiger partial charge in [0.15, 0.2) is 0 Å². The van der Waals surface area contributed by atoms with Gasteiger partial charge in [-0.05, 0) is 45.4 Å². The molecule has 3 unspecified atom stereocenters. The van der Waals surface area contributed by atoms with Crippen molar-refractivity contribution in [2.24, 2.45) is 11.7 Å². The molecule has 0 radical (unpaired) electrons. The topological polar surface area (TPSA) is 32.5 Å². The van der Waals surface area contributed by atoms with Gasteiger partial charge in [-0.3, -0.25) is 0 Å². The van der Waals surface area contributed by atoms with Crippen LogP contribution in [-0.4, -0.2) is 42.7 Å². The monoisotopic (exact) mass is 257 g/mol. The van der Waals surface area contributed by atoms with Gasteiger partial charge in [0.1, 0.15) is 0 Å². The number of hydrogen-bond donors (Lipinski definition) is 1. The zero-order valence-corrected chi connectivity index (χ0v) is 13.4. The highest BCUT2D eigenvalue weighted by atomic mass is 15.6. The van der Waals surface area contributed by atoms with E-state index in [1.54, 1.807) is 0 Å². The van der Waals surface area contributed by atoms with Gasteiger partial charge in [-0.2, -0.15) is 0 Å². The van der Waals surface area contributed by atoms with Crippen LogP contribution in [0, 0.1) is 5.92 Å². The molecule has 0 aliphatic heterocycles. The quantitative estimate of drug-likeness (QED) is 0.610. The number of rotatable bonds is 10. The number of nitrogens with two attached hydrogens (primary N) is 1.